The summed E-state index contributed by atoms with van der Waals surface area (Å²) in [4.78, 5) is 16.5. The van der Waals surface area contributed by atoms with Gasteiger partial charge in [-0.1, -0.05) is 18.2 Å². The van der Waals surface area contributed by atoms with Gasteiger partial charge in [0.1, 0.15) is 5.82 Å². The lowest BCUT2D eigenvalue weighted by Crippen LogP contribution is -2.27. The number of nitrogens with zero attached hydrogens (tertiary/aromatic N) is 1. The molecule has 2 rings (SSSR count). The maximum atomic E-state index is 11.5. The van der Waals surface area contributed by atoms with Gasteiger partial charge in [0, 0.05) is 10.9 Å². The van der Waals surface area contributed by atoms with Crippen molar-refractivity contribution >= 4 is 22.6 Å². The molecule has 0 atom stereocenters. The molecule has 2 aromatic rings. The first-order chi connectivity index (χ1) is 7.65. The fourth-order valence-electron chi connectivity index (χ4n) is 1.62. The van der Waals surface area contributed by atoms with E-state index in [4.69, 9.17) is 0 Å². The molecule has 0 saturated heterocycles. The van der Waals surface area contributed by atoms with Crippen LogP contribution in [0.4, 0.5) is 5.82 Å². The summed E-state index contributed by atoms with van der Waals surface area (Å²) in [6.07, 6.45) is 0. The number of para-hydroxylation sites is 1. The Labute approximate surface area is 94.3 Å². The number of nitrogens with one attached hydrogen (secondary N) is 2. The lowest BCUT2D eigenvalue weighted by molar-refractivity contribution is -0.116. The monoisotopic (exact) mass is 217 g/mol. The molecular formula is C12H15N3O. The molecule has 84 valence electrons. The molecule has 0 fully saturated rings. The second-order valence-corrected chi connectivity index (χ2v) is 4.06. The Morgan fingerprint density at radius 2 is 2.12 bits per heavy atom. The minimum Gasteiger partial charge on any atom is -0.341 e. The third kappa shape index (κ3) is 2.41. The second-order valence-electron chi connectivity index (χ2n) is 4.06. The Hall–Kier alpha value is -1.81. The molecule has 1 amide bonds. The van der Waals surface area contributed by atoms with Crippen LogP contribution in [0, 0.1) is 0 Å². The van der Waals surface area contributed by atoms with E-state index in [0.29, 0.717) is 6.54 Å². The number of carbonyl (C=O) groups is 1. The van der Waals surface area contributed by atoms with Crippen molar-refractivity contribution in [2.24, 2.45) is 0 Å². The van der Waals surface area contributed by atoms with Crippen LogP contribution < -0.4 is 5.32 Å². The largest absolute Gasteiger partial charge is 0.341 e. The molecular weight excluding hydrogens is 202 g/mol. The van der Waals surface area contributed by atoms with E-state index >= 15 is 0 Å². The number of aromatic amines is 1. The summed E-state index contributed by atoms with van der Waals surface area (Å²) in [5.41, 5.74) is 1.03. The number of benzene rings is 1. The standard InChI is InChI=1S/C12H15N3O/c1-15(2)8-12(16)14-11-7-9-5-3-4-6-10(9)13-11/h3-7,13H,8H2,1-2H3,(H,14,16). The normalized spacial score (nSPS) is 10.9. The molecule has 1 aromatic heterocycles. The van der Waals surface area contributed by atoms with Crippen molar-refractivity contribution in [3.63, 3.8) is 0 Å². The number of hydrogen-bond donors (Lipinski definition) is 2. The van der Waals surface area contributed by atoms with Gasteiger partial charge in [-0.3, -0.25) is 4.79 Å². The summed E-state index contributed by atoms with van der Waals surface area (Å²) in [6, 6.07) is 9.86. The highest BCUT2D eigenvalue weighted by Crippen LogP contribution is 2.17. The Bertz CT molecular complexity index is 469. The van der Waals surface area contributed by atoms with Gasteiger partial charge in [-0.05, 0) is 26.2 Å². The molecule has 0 aliphatic carbocycles. The number of rotatable bonds is 3. The molecule has 4 nitrogen and oxygen atoms in total. The summed E-state index contributed by atoms with van der Waals surface area (Å²) in [7, 11) is 3.73. The van der Waals surface area contributed by atoms with Crippen molar-refractivity contribution in [2.75, 3.05) is 26.0 Å². The van der Waals surface area contributed by atoms with Crippen LogP contribution in [0.15, 0.2) is 30.3 Å². The van der Waals surface area contributed by atoms with E-state index in [1.54, 1.807) is 0 Å². The Morgan fingerprint density at radius 1 is 1.38 bits per heavy atom. The lowest BCUT2D eigenvalue weighted by atomic mass is 10.2. The molecule has 0 radical (unpaired) electrons. The van der Waals surface area contributed by atoms with E-state index in [-0.39, 0.29) is 5.91 Å². The quantitative estimate of drug-likeness (QED) is 0.821. The molecule has 0 aliphatic rings. The number of aromatic nitrogens is 1. The molecule has 0 aliphatic heterocycles. The van der Waals surface area contributed by atoms with Crippen LogP contribution in [0.5, 0.6) is 0 Å². The Balaban J connectivity index is 2.12. The average Bonchev–Trinajstić information content (AvgIpc) is 2.57. The summed E-state index contributed by atoms with van der Waals surface area (Å²) >= 11 is 0. The number of H-pyrrole nitrogens is 1. The van der Waals surface area contributed by atoms with E-state index in [1.165, 1.54) is 0 Å². The SMILES string of the molecule is CN(C)CC(=O)Nc1cc2ccccc2[nH]1. The number of carbonyl (C=O) groups excluding carboxylic acids is 1. The van der Waals surface area contributed by atoms with E-state index in [9.17, 15) is 4.79 Å². The maximum Gasteiger partial charge on any atom is 0.239 e. The minimum atomic E-state index is -0.0171. The van der Waals surface area contributed by atoms with E-state index < -0.39 is 0 Å². The minimum absolute atomic E-state index is 0.0171. The molecule has 0 bridgehead atoms. The molecule has 1 aromatic carbocycles. The third-order valence-electron chi connectivity index (χ3n) is 2.26. The third-order valence-corrected chi connectivity index (χ3v) is 2.26. The van der Waals surface area contributed by atoms with Gasteiger partial charge in [0.05, 0.1) is 6.54 Å². The molecule has 1 heterocycles. The Morgan fingerprint density at radius 3 is 2.81 bits per heavy atom. The molecule has 0 saturated carbocycles. The zero-order chi connectivity index (χ0) is 11.5. The highest BCUT2D eigenvalue weighted by atomic mass is 16.2. The van der Waals surface area contributed by atoms with Crippen molar-refractivity contribution < 1.29 is 4.79 Å². The van der Waals surface area contributed by atoms with E-state index in [1.807, 2.05) is 49.3 Å². The summed E-state index contributed by atoms with van der Waals surface area (Å²) < 4.78 is 0. The highest BCUT2D eigenvalue weighted by molar-refractivity contribution is 5.94. The fraction of sp³-hybridized carbons (Fsp3) is 0.250. The van der Waals surface area contributed by atoms with E-state index in [0.717, 1.165) is 16.7 Å². The van der Waals surface area contributed by atoms with Gasteiger partial charge in [0.15, 0.2) is 0 Å². The van der Waals surface area contributed by atoms with Crippen LogP contribution in [-0.4, -0.2) is 36.4 Å². The van der Waals surface area contributed by atoms with Gasteiger partial charge >= 0.3 is 0 Å². The first kappa shape index (κ1) is 10.7. The maximum absolute atomic E-state index is 11.5. The molecule has 4 heteroatoms. The highest BCUT2D eigenvalue weighted by Gasteiger charge is 2.05. The number of likely N-dealkylation sites (N-methyl/N-ethyl adjacent to an activating group) is 1. The topological polar surface area (TPSA) is 48.1 Å². The van der Waals surface area contributed by atoms with Crippen LogP contribution in [0.3, 0.4) is 0 Å². The molecule has 0 spiro atoms. The van der Waals surface area contributed by atoms with Crippen LogP contribution in [-0.2, 0) is 4.79 Å². The number of hydrogen-bond acceptors (Lipinski definition) is 2. The zero-order valence-electron chi connectivity index (χ0n) is 9.45. The van der Waals surface area contributed by atoms with Gasteiger partial charge in [0.25, 0.3) is 0 Å². The number of amides is 1. The van der Waals surface area contributed by atoms with Gasteiger partial charge < -0.3 is 15.2 Å². The predicted octanol–water partition coefficient (Wildman–Crippen LogP) is 1.67. The van der Waals surface area contributed by atoms with Crippen molar-refractivity contribution in [1.82, 2.24) is 9.88 Å². The number of anilines is 1. The summed E-state index contributed by atoms with van der Waals surface area (Å²) in [5.74, 6) is 0.726. The summed E-state index contributed by atoms with van der Waals surface area (Å²) in [5, 5.41) is 3.93. The van der Waals surface area contributed by atoms with E-state index in [2.05, 4.69) is 10.3 Å². The van der Waals surface area contributed by atoms with Crippen LogP contribution in [0.2, 0.25) is 0 Å². The predicted molar refractivity (Wildman–Crippen MR) is 65.5 cm³/mol. The molecule has 0 unspecified atom stereocenters. The first-order valence-electron chi connectivity index (χ1n) is 5.17. The van der Waals surface area contributed by atoms with Crippen molar-refractivity contribution in [3.05, 3.63) is 30.3 Å². The number of fused-ring (bicyclic) bond motifs is 1. The Kier molecular flexibility index (Phi) is 2.92. The fourth-order valence-corrected chi connectivity index (χ4v) is 1.62. The van der Waals surface area contributed by atoms with Crippen molar-refractivity contribution in [2.45, 2.75) is 0 Å². The molecule has 2 N–H and O–H groups in total. The van der Waals surface area contributed by atoms with Gasteiger partial charge in [0.2, 0.25) is 5.91 Å². The van der Waals surface area contributed by atoms with Gasteiger partial charge in [-0.2, -0.15) is 0 Å². The lowest BCUT2D eigenvalue weighted by Gasteiger charge is -2.08. The smallest absolute Gasteiger partial charge is 0.239 e. The molecule has 16 heavy (non-hydrogen) atoms. The first-order valence-corrected chi connectivity index (χ1v) is 5.17. The van der Waals surface area contributed by atoms with Gasteiger partial charge in [-0.15, -0.1) is 0 Å². The zero-order valence-corrected chi connectivity index (χ0v) is 9.45. The average molecular weight is 217 g/mol. The second kappa shape index (κ2) is 4.37. The van der Waals surface area contributed by atoms with Crippen molar-refractivity contribution in [3.8, 4) is 0 Å². The summed E-state index contributed by atoms with van der Waals surface area (Å²) in [6.45, 7) is 0.384. The van der Waals surface area contributed by atoms with Crippen LogP contribution >= 0.6 is 0 Å². The van der Waals surface area contributed by atoms with Crippen LogP contribution in [0.1, 0.15) is 0 Å². The van der Waals surface area contributed by atoms with Crippen molar-refractivity contribution in [1.29, 1.82) is 0 Å². The van der Waals surface area contributed by atoms with Gasteiger partial charge in [-0.25, -0.2) is 0 Å². The van der Waals surface area contributed by atoms with Crippen LogP contribution in [0.25, 0.3) is 10.9 Å².